The molecule has 1 rings (SSSR count). The van der Waals surface area contributed by atoms with Crippen molar-refractivity contribution >= 4 is 5.69 Å². The van der Waals surface area contributed by atoms with Gasteiger partial charge in [-0.05, 0) is 30.2 Å². The Bertz CT molecular complexity index is 363. The second kappa shape index (κ2) is 4.74. The maximum absolute atomic E-state index is 12.2. The van der Waals surface area contributed by atoms with E-state index in [9.17, 15) is 13.2 Å². The van der Waals surface area contributed by atoms with Crippen molar-refractivity contribution in [3.05, 3.63) is 29.3 Å². The summed E-state index contributed by atoms with van der Waals surface area (Å²) in [6.07, 6.45) is -4.21. The average molecular weight is 233 g/mol. The fourth-order valence-corrected chi connectivity index (χ4v) is 1.46. The molecule has 0 amide bonds. The van der Waals surface area contributed by atoms with Gasteiger partial charge in [0.15, 0.2) is 0 Å². The van der Waals surface area contributed by atoms with Gasteiger partial charge < -0.3 is 10.0 Å². The SMILES string of the molecule is Cc1cc(N(C)CC(F)(F)F)ccc1CO. The monoisotopic (exact) mass is 233 g/mol. The van der Waals surface area contributed by atoms with Crippen LogP contribution in [0.1, 0.15) is 11.1 Å². The zero-order chi connectivity index (χ0) is 12.3. The van der Waals surface area contributed by atoms with Crippen LogP contribution in [-0.2, 0) is 6.61 Å². The normalized spacial score (nSPS) is 11.6. The third-order valence-electron chi connectivity index (χ3n) is 2.35. The van der Waals surface area contributed by atoms with Crippen molar-refractivity contribution in [2.45, 2.75) is 19.7 Å². The van der Waals surface area contributed by atoms with Gasteiger partial charge in [-0.3, -0.25) is 0 Å². The number of hydrogen-bond acceptors (Lipinski definition) is 2. The lowest BCUT2D eigenvalue weighted by Gasteiger charge is -2.21. The third-order valence-corrected chi connectivity index (χ3v) is 2.35. The number of alkyl halides is 3. The molecule has 2 nitrogen and oxygen atoms in total. The van der Waals surface area contributed by atoms with Crippen molar-refractivity contribution in [1.82, 2.24) is 0 Å². The lowest BCUT2D eigenvalue weighted by molar-refractivity contribution is -0.119. The van der Waals surface area contributed by atoms with Crippen molar-refractivity contribution in [3.63, 3.8) is 0 Å². The van der Waals surface area contributed by atoms with Crippen LogP contribution >= 0.6 is 0 Å². The molecule has 0 radical (unpaired) electrons. The van der Waals surface area contributed by atoms with Gasteiger partial charge in [-0.2, -0.15) is 13.2 Å². The zero-order valence-electron chi connectivity index (χ0n) is 9.17. The van der Waals surface area contributed by atoms with E-state index in [2.05, 4.69) is 0 Å². The Balaban J connectivity index is 2.85. The van der Waals surface area contributed by atoms with Gasteiger partial charge in [-0.15, -0.1) is 0 Å². The molecule has 0 saturated heterocycles. The summed E-state index contributed by atoms with van der Waals surface area (Å²) in [5.41, 5.74) is 2.00. The van der Waals surface area contributed by atoms with Crippen LogP contribution in [0.5, 0.6) is 0 Å². The highest BCUT2D eigenvalue weighted by Crippen LogP contribution is 2.22. The number of aryl methyl sites for hydroxylation is 1. The Morgan fingerprint density at radius 1 is 1.31 bits per heavy atom. The number of hydrogen-bond donors (Lipinski definition) is 1. The molecule has 0 aliphatic rings. The number of anilines is 1. The largest absolute Gasteiger partial charge is 0.405 e. The van der Waals surface area contributed by atoms with E-state index in [0.717, 1.165) is 16.0 Å². The average Bonchev–Trinajstić information content (AvgIpc) is 2.15. The van der Waals surface area contributed by atoms with Gasteiger partial charge >= 0.3 is 6.18 Å². The van der Waals surface area contributed by atoms with Gasteiger partial charge in [-0.25, -0.2) is 0 Å². The molecule has 0 aliphatic carbocycles. The Labute approximate surface area is 92.3 Å². The second-order valence-electron chi connectivity index (χ2n) is 3.74. The van der Waals surface area contributed by atoms with Gasteiger partial charge in [0.2, 0.25) is 0 Å². The Morgan fingerprint density at radius 2 is 1.94 bits per heavy atom. The van der Waals surface area contributed by atoms with Crippen LogP contribution in [0.15, 0.2) is 18.2 Å². The number of aliphatic hydroxyl groups excluding tert-OH is 1. The smallest absolute Gasteiger partial charge is 0.392 e. The van der Waals surface area contributed by atoms with Crippen molar-refractivity contribution in [3.8, 4) is 0 Å². The summed E-state index contributed by atoms with van der Waals surface area (Å²) in [7, 11) is 1.39. The topological polar surface area (TPSA) is 23.5 Å². The van der Waals surface area contributed by atoms with E-state index in [0.29, 0.717) is 5.69 Å². The zero-order valence-corrected chi connectivity index (χ0v) is 9.17. The van der Waals surface area contributed by atoms with Crippen LogP contribution in [0.3, 0.4) is 0 Å². The Hall–Kier alpha value is -1.23. The first kappa shape index (κ1) is 12.8. The molecule has 0 unspecified atom stereocenters. The molecular weight excluding hydrogens is 219 g/mol. The predicted molar refractivity (Wildman–Crippen MR) is 56.4 cm³/mol. The van der Waals surface area contributed by atoms with E-state index >= 15 is 0 Å². The summed E-state index contributed by atoms with van der Waals surface area (Å²) in [5.74, 6) is 0. The number of rotatable bonds is 3. The number of halogens is 3. The first-order valence-electron chi connectivity index (χ1n) is 4.82. The van der Waals surface area contributed by atoms with E-state index in [-0.39, 0.29) is 6.61 Å². The molecule has 0 aromatic heterocycles. The first-order valence-corrected chi connectivity index (χ1v) is 4.82. The quantitative estimate of drug-likeness (QED) is 0.867. The maximum atomic E-state index is 12.2. The summed E-state index contributed by atoms with van der Waals surface area (Å²) in [5, 5.41) is 8.94. The molecular formula is C11H14F3NO. The summed E-state index contributed by atoms with van der Waals surface area (Å²) in [6.45, 7) is 0.677. The van der Waals surface area contributed by atoms with Crippen LogP contribution < -0.4 is 4.90 Å². The van der Waals surface area contributed by atoms with E-state index in [1.54, 1.807) is 25.1 Å². The van der Waals surface area contributed by atoms with Gasteiger partial charge in [-0.1, -0.05) is 6.07 Å². The van der Waals surface area contributed by atoms with Crippen LogP contribution in [0, 0.1) is 6.92 Å². The lowest BCUT2D eigenvalue weighted by atomic mass is 10.1. The molecule has 0 aliphatic heterocycles. The molecule has 0 bridgehead atoms. The highest BCUT2D eigenvalue weighted by molar-refractivity contribution is 5.50. The fourth-order valence-electron chi connectivity index (χ4n) is 1.46. The van der Waals surface area contributed by atoms with E-state index < -0.39 is 12.7 Å². The minimum atomic E-state index is -4.21. The van der Waals surface area contributed by atoms with E-state index in [1.807, 2.05) is 0 Å². The highest BCUT2D eigenvalue weighted by atomic mass is 19.4. The van der Waals surface area contributed by atoms with Crippen molar-refractivity contribution in [2.75, 3.05) is 18.5 Å². The molecule has 1 N–H and O–H groups in total. The molecule has 0 heterocycles. The van der Waals surface area contributed by atoms with Gasteiger partial charge in [0.25, 0.3) is 0 Å². The molecule has 0 fully saturated rings. The highest BCUT2D eigenvalue weighted by Gasteiger charge is 2.29. The van der Waals surface area contributed by atoms with Gasteiger partial charge in [0, 0.05) is 12.7 Å². The lowest BCUT2D eigenvalue weighted by Crippen LogP contribution is -2.30. The summed E-state index contributed by atoms with van der Waals surface area (Å²) >= 11 is 0. The molecule has 90 valence electrons. The number of nitrogens with zero attached hydrogens (tertiary/aromatic N) is 1. The molecule has 0 spiro atoms. The molecule has 5 heteroatoms. The Kier molecular flexibility index (Phi) is 3.80. The van der Waals surface area contributed by atoms with E-state index in [1.165, 1.54) is 7.05 Å². The standard InChI is InChI=1S/C11H14F3NO/c1-8-5-10(4-3-9(8)6-16)15(2)7-11(12,13)14/h3-5,16H,6-7H2,1-2H3. The summed E-state index contributed by atoms with van der Waals surface area (Å²) in [4.78, 5) is 1.13. The van der Waals surface area contributed by atoms with Crippen LogP contribution in [0.25, 0.3) is 0 Å². The molecule has 0 saturated carbocycles. The number of benzene rings is 1. The fraction of sp³-hybridized carbons (Fsp3) is 0.455. The maximum Gasteiger partial charge on any atom is 0.405 e. The van der Waals surface area contributed by atoms with Crippen molar-refractivity contribution in [1.29, 1.82) is 0 Å². The van der Waals surface area contributed by atoms with Crippen molar-refractivity contribution < 1.29 is 18.3 Å². The molecule has 0 atom stereocenters. The number of aliphatic hydroxyl groups is 1. The minimum Gasteiger partial charge on any atom is -0.392 e. The van der Waals surface area contributed by atoms with E-state index in [4.69, 9.17) is 5.11 Å². The summed E-state index contributed by atoms with van der Waals surface area (Å²) in [6, 6.07) is 4.85. The van der Waals surface area contributed by atoms with Gasteiger partial charge in [0.05, 0.1) is 6.61 Å². The minimum absolute atomic E-state index is 0.102. The third kappa shape index (κ3) is 3.41. The molecule has 16 heavy (non-hydrogen) atoms. The first-order chi connectivity index (χ1) is 7.33. The van der Waals surface area contributed by atoms with Crippen molar-refractivity contribution in [2.24, 2.45) is 0 Å². The van der Waals surface area contributed by atoms with Crippen LogP contribution in [0.2, 0.25) is 0 Å². The molecule has 1 aromatic carbocycles. The van der Waals surface area contributed by atoms with Gasteiger partial charge in [0.1, 0.15) is 6.54 Å². The summed E-state index contributed by atoms with van der Waals surface area (Å²) < 4.78 is 36.5. The predicted octanol–water partition coefficient (Wildman–Crippen LogP) is 2.49. The Morgan fingerprint density at radius 3 is 2.38 bits per heavy atom. The molecule has 1 aromatic rings. The van der Waals surface area contributed by atoms with Crippen LogP contribution in [-0.4, -0.2) is 24.9 Å². The second-order valence-corrected chi connectivity index (χ2v) is 3.74. The van der Waals surface area contributed by atoms with Crippen LogP contribution in [0.4, 0.5) is 18.9 Å².